The lowest BCUT2D eigenvalue weighted by Crippen LogP contribution is -2.40. The molecule has 1 atom stereocenters. The van der Waals surface area contributed by atoms with E-state index >= 15 is 0 Å². The van der Waals surface area contributed by atoms with Crippen LogP contribution in [0, 0.1) is 0 Å². The Morgan fingerprint density at radius 1 is 1.38 bits per heavy atom. The van der Waals surface area contributed by atoms with Crippen molar-refractivity contribution in [2.45, 2.75) is 52.6 Å². The van der Waals surface area contributed by atoms with Gasteiger partial charge in [-0.05, 0) is 26.7 Å². The average molecular weight is 292 g/mol. The maximum Gasteiger partial charge on any atom is 0.135 e. The first-order valence-electron chi connectivity index (χ1n) is 8.13. The molecule has 0 bridgehead atoms. The molecule has 1 aliphatic rings. The standard InChI is InChI=1S/C16H28N4O/c1-5-17-14-10-15(19-16(18-14)12(3)4)20-9-7-8-13(11-20)21-6-2/h10,12-13H,5-9,11H2,1-4H3,(H,17,18,19). The summed E-state index contributed by atoms with van der Waals surface area (Å²) in [6, 6.07) is 2.06. The van der Waals surface area contributed by atoms with Crippen molar-refractivity contribution in [3.8, 4) is 0 Å². The fraction of sp³-hybridized carbons (Fsp3) is 0.750. The Balaban J connectivity index is 2.20. The largest absolute Gasteiger partial charge is 0.377 e. The number of ether oxygens (including phenoxy) is 1. The molecule has 0 amide bonds. The zero-order valence-electron chi connectivity index (χ0n) is 13.7. The summed E-state index contributed by atoms with van der Waals surface area (Å²) >= 11 is 0. The predicted octanol–water partition coefficient (Wildman–Crippen LogP) is 3.04. The second-order valence-electron chi connectivity index (χ2n) is 5.82. The van der Waals surface area contributed by atoms with Crippen molar-refractivity contribution in [2.24, 2.45) is 0 Å². The van der Waals surface area contributed by atoms with Crippen LogP contribution in [0.1, 0.15) is 52.3 Å². The maximum atomic E-state index is 5.79. The number of hydrogen-bond donors (Lipinski definition) is 1. The lowest BCUT2D eigenvalue weighted by atomic mass is 10.1. The number of hydrogen-bond acceptors (Lipinski definition) is 5. The Hall–Kier alpha value is -1.36. The second kappa shape index (κ2) is 7.59. The zero-order valence-corrected chi connectivity index (χ0v) is 13.7. The van der Waals surface area contributed by atoms with Crippen LogP contribution >= 0.6 is 0 Å². The molecule has 1 aromatic heterocycles. The molecule has 1 aromatic rings. The molecule has 0 radical (unpaired) electrons. The number of piperidine rings is 1. The summed E-state index contributed by atoms with van der Waals surface area (Å²) in [6.45, 7) is 12.0. The highest BCUT2D eigenvalue weighted by Crippen LogP contribution is 2.24. The summed E-state index contributed by atoms with van der Waals surface area (Å²) in [5, 5.41) is 3.31. The Bertz CT molecular complexity index is 448. The third kappa shape index (κ3) is 4.30. The van der Waals surface area contributed by atoms with E-state index in [0.717, 1.165) is 56.5 Å². The van der Waals surface area contributed by atoms with Gasteiger partial charge in [-0.25, -0.2) is 9.97 Å². The fourth-order valence-electron chi connectivity index (χ4n) is 2.66. The Labute approximate surface area is 128 Å². The molecule has 118 valence electrons. The average Bonchev–Trinajstić information content (AvgIpc) is 2.48. The van der Waals surface area contributed by atoms with E-state index < -0.39 is 0 Å². The predicted molar refractivity (Wildman–Crippen MR) is 87.1 cm³/mol. The Morgan fingerprint density at radius 2 is 2.19 bits per heavy atom. The van der Waals surface area contributed by atoms with Crippen LogP contribution in [0.15, 0.2) is 6.07 Å². The molecular formula is C16H28N4O. The van der Waals surface area contributed by atoms with E-state index in [1.54, 1.807) is 0 Å². The highest BCUT2D eigenvalue weighted by Gasteiger charge is 2.22. The van der Waals surface area contributed by atoms with Gasteiger partial charge in [-0.3, -0.25) is 0 Å². The molecular weight excluding hydrogens is 264 g/mol. The number of rotatable bonds is 6. The van der Waals surface area contributed by atoms with Crippen molar-refractivity contribution in [1.82, 2.24) is 9.97 Å². The van der Waals surface area contributed by atoms with E-state index in [1.807, 2.05) is 0 Å². The number of aromatic nitrogens is 2. The van der Waals surface area contributed by atoms with E-state index in [1.165, 1.54) is 0 Å². The molecule has 1 fully saturated rings. The first-order chi connectivity index (χ1) is 10.1. The molecule has 1 N–H and O–H groups in total. The molecule has 1 aliphatic heterocycles. The topological polar surface area (TPSA) is 50.3 Å². The minimum absolute atomic E-state index is 0.323. The van der Waals surface area contributed by atoms with Crippen molar-refractivity contribution in [3.63, 3.8) is 0 Å². The van der Waals surface area contributed by atoms with Gasteiger partial charge in [0.1, 0.15) is 17.5 Å². The zero-order chi connectivity index (χ0) is 15.2. The molecule has 1 saturated heterocycles. The van der Waals surface area contributed by atoms with E-state index in [4.69, 9.17) is 9.72 Å². The maximum absolute atomic E-state index is 5.79. The van der Waals surface area contributed by atoms with Gasteiger partial charge in [-0.1, -0.05) is 13.8 Å². The molecule has 21 heavy (non-hydrogen) atoms. The third-order valence-corrected chi connectivity index (χ3v) is 3.71. The first-order valence-corrected chi connectivity index (χ1v) is 8.13. The third-order valence-electron chi connectivity index (χ3n) is 3.71. The molecule has 0 aromatic carbocycles. The van der Waals surface area contributed by atoms with Crippen LogP contribution in [-0.4, -0.2) is 42.3 Å². The van der Waals surface area contributed by atoms with Gasteiger partial charge in [0.05, 0.1) is 6.10 Å². The number of nitrogens with zero attached hydrogens (tertiary/aromatic N) is 3. The lowest BCUT2D eigenvalue weighted by molar-refractivity contribution is 0.0525. The van der Waals surface area contributed by atoms with Crippen LogP contribution in [0.3, 0.4) is 0 Å². The minimum atomic E-state index is 0.323. The van der Waals surface area contributed by atoms with Crippen molar-refractivity contribution < 1.29 is 4.74 Å². The number of nitrogens with one attached hydrogen (secondary N) is 1. The van der Waals surface area contributed by atoms with Crippen LogP contribution in [0.5, 0.6) is 0 Å². The van der Waals surface area contributed by atoms with Gasteiger partial charge in [0.25, 0.3) is 0 Å². The lowest BCUT2D eigenvalue weighted by Gasteiger charge is -2.33. The van der Waals surface area contributed by atoms with Crippen LogP contribution in [-0.2, 0) is 4.74 Å². The molecule has 0 spiro atoms. The highest BCUT2D eigenvalue weighted by atomic mass is 16.5. The van der Waals surface area contributed by atoms with Gasteiger partial charge in [0.15, 0.2) is 0 Å². The van der Waals surface area contributed by atoms with Crippen LogP contribution in [0.25, 0.3) is 0 Å². The van der Waals surface area contributed by atoms with Gasteiger partial charge in [0.2, 0.25) is 0 Å². The quantitative estimate of drug-likeness (QED) is 0.873. The van der Waals surface area contributed by atoms with E-state index in [9.17, 15) is 0 Å². The van der Waals surface area contributed by atoms with Crippen molar-refractivity contribution >= 4 is 11.6 Å². The summed E-state index contributed by atoms with van der Waals surface area (Å²) in [4.78, 5) is 11.7. The minimum Gasteiger partial charge on any atom is -0.377 e. The van der Waals surface area contributed by atoms with Crippen molar-refractivity contribution in [3.05, 3.63) is 11.9 Å². The SMILES string of the molecule is CCNc1cc(N2CCCC(OCC)C2)nc(C(C)C)n1. The van der Waals surface area contributed by atoms with Crippen LogP contribution in [0.2, 0.25) is 0 Å². The van der Waals surface area contributed by atoms with Crippen LogP contribution in [0.4, 0.5) is 11.6 Å². The van der Waals surface area contributed by atoms with Crippen molar-refractivity contribution in [2.75, 3.05) is 36.5 Å². The van der Waals surface area contributed by atoms with E-state index in [-0.39, 0.29) is 0 Å². The van der Waals surface area contributed by atoms with Gasteiger partial charge in [-0.15, -0.1) is 0 Å². The second-order valence-corrected chi connectivity index (χ2v) is 5.82. The van der Waals surface area contributed by atoms with Gasteiger partial charge >= 0.3 is 0 Å². The molecule has 0 saturated carbocycles. The Kier molecular flexibility index (Phi) is 5.79. The van der Waals surface area contributed by atoms with Crippen LogP contribution < -0.4 is 10.2 Å². The molecule has 1 unspecified atom stereocenters. The Morgan fingerprint density at radius 3 is 2.86 bits per heavy atom. The summed E-state index contributed by atoms with van der Waals surface area (Å²) in [5.74, 6) is 3.18. The fourth-order valence-corrected chi connectivity index (χ4v) is 2.66. The summed E-state index contributed by atoms with van der Waals surface area (Å²) in [6.07, 6.45) is 2.62. The summed E-state index contributed by atoms with van der Waals surface area (Å²) in [7, 11) is 0. The monoisotopic (exact) mass is 292 g/mol. The summed E-state index contributed by atoms with van der Waals surface area (Å²) < 4.78 is 5.79. The molecule has 2 heterocycles. The highest BCUT2D eigenvalue weighted by molar-refractivity contribution is 5.50. The molecule has 5 heteroatoms. The number of anilines is 2. The molecule has 5 nitrogen and oxygen atoms in total. The molecule has 2 rings (SSSR count). The van der Waals surface area contributed by atoms with Crippen molar-refractivity contribution in [1.29, 1.82) is 0 Å². The smallest absolute Gasteiger partial charge is 0.135 e. The molecule has 0 aliphatic carbocycles. The van der Waals surface area contributed by atoms with Gasteiger partial charge in [0, 0.05) is 38.2 Å². The van der Waals surface area contributed by atoms with Gasteiger partial charge in [-0.2, -0.15) is 0 Å². The first kappa shape index (κ1) is 16.0. The van der Waals surface area contributed by atoms with E-state index in [0.29, 0.717) is 12.0 Å². The normalized spacial score (nSPS) is 19.1. The van der Waals surface area contributed by atoms with Gasteiger partial charge < -0.3 is 15.0 Å². The summed E-state index contributed by atoms with van der Waals surface area (Å²) in [5.41, 5.74) is 0. The van der Waals surface area contributed by atoms with E-state index in [2.05, 4.69) is 49.0 Å².